The minimum Gasteiger partial charge on any atom is -0.486 e. The molecule has 3 heteroatoms. The highest BCUT2D eigenvalue weighted by molar-refractivity contribution is 5.85. The number of ether oxygens (including phenoxy) is 1. The van der Waals surface area contributed by atoms with Crippen molar-refractivity contribution < 1.29 is 13.5 Å². The van der Waals surface area contributed by atoms with Gasteiger partial charge in [0.05, 0.1) is 0 Å². The number of benzene rings is 2. The summed E-state index contributed by atoms with van der Waals surface area (Å²) in [5.41, 5.74) is 0.774. The Morgan fingerprint density at radius 2 is 1.83 bits per heavy atom. The van der Waals surface area contributed by atoms with Crippen LogP contribution in [-0.4, -0.2) is 6.61 Å². The van der Waals surface area contributed by atoms with Gasteiger partial charge in [-0.25, -0.2) is 8.78 Å². The van der Waals surface area contributed by atoms with Crippen molar-refractivity contribution in [2.75, 3.05) is 6.61 Å². The van der Waals surface area contributed by atoms with Gasteiger partial charge in [-0.3, -0.25) is 0 Å². The van der Waals surface area contributed by atoms with Crippen molar-refractivity contribution in [3.8, 4) is 5.75 Å². The Hall–Kier alpha value is -1.90. The van der Waals surface area contributed by atoms with Gasteiger partial charge < -0.3 is 4.74 Å². The van der Waals surface area contributed by atoms with Gasteiger partial charge in [0, 0.05) is 5.39 Å². The normalized spacial score (nSPS) is 27.3. The van der Waals surface area contributed by atoms with Crippen LogP contribution in [0.25, 0.3) is 10.8 Å². The summed E-state index contributed by atoms with van der Waals surface area (Å²) in [5, 5.41) is 1.07. The summed E-state index contributed by atoms with van der Waals surface area (Å²) in [5.74, 6) is 2.13. The first-order chi connectivity index (χ1) is 14.1. The van der Waals surface area contributed by atoms with Gasteiger partial charge >= 0.3 is 0 Å². The van der Waals surface area contributed by atoms with Gasteiger partial charge in [0.2, 0.25) is 0 Å². The van der Waals surface area contributed by atoms with Crippen LogP contribution in [-0.2, 0) is 0 Å². The van der Waals surface area contributed by atoms with Crippen LogP contribution in [0.4, 0.5) is 8.78 Å². The van der Waals surface area contributed by atoms with Crippen molar-refractivity contribution in [2.24, 2.45) is 17.8 Å². The number of fused-ring (bicyclic) bond motifs is 2. The fraction of sp³-hybridized carbons (Fsp3) is 0.538. The lowest BCUT2D eigenvalue weighted by atomic mass is 9.63. The first kappa shape index (κ1) is 20.4. The molecule has 4 rings (SSSR count). The predicted octanol–water partition coefficient (Wildman–Crippen LogP) is 7.78. The van der Waals surface area contributed by atoms with Crippen LogP contribution in [0.5, 0.6) is 5.75 Å². The van der Waals surface area contributed by atoms with Crippen molar-refractivity contribution in [1.29, 1.82) is 0 Å². The third kappa shape index (κ3) is 4.20. The topological polar surface area (TPSA) is 9.23 Å². The molecular weight excluding hydrogens is 366 g/mol. The van der Waals surface area contributed by atoms with E-state index >= 15 is 4.39 Å². The van der Waals surface area contributed by atoms with Crippen molar-refractivity contribution in [3.63, 3.8) is 0 Å². The SMILES string of the molecule is C/C=C/COc1cc2ccc(C3CCC4CC(CC)CCC4C3)c(F)c2cc1F. The van der Waals surface area contributed by atoms with Gasteiger partial charge in [0.15, 0.2) is 11.6 Å². The van der Waals surface area contributed by atoms with Gasteiger partial charge in [-0.1, -0.05) is 44.1 Å². The summed E-state index contributed by atoms with van der Waals surface area (Å²) in [6.45, 7) is 4.50. The van der Waals surface area contributed by atoms with Crippen molar-refractivity contribution >= 4 is 10.8 Å². The molecule has 2 aromatic rings. The molecule has 1 nitrogen and oxygen atoms in total. The average molecular weight is 399 g/mol. The minimum atomic E-state index is -0.500. The maximum absolute atomic E-state index is 15.4. The fourth-order valence-electron chi connectivity index (χ4n) is 5.60. The lowest BCUT2D eigenvalue weighted by molar-refractivity contribution is 0.116. The molecule has 0 N–H and O–H groups in total. The van der Waals surface area contributed by atoms with E-state index in [9.17, 15) is 4.39 Å². The van der Waals surface area contributed by atoms with Gasteiger partial charge in [0.25, 0.3) is 0 Å². The van der Waals surface area contributed by atoms with E-state index in [1.54, 1.807) is 6.07 Å². The van der Waals surface area contributed by atoms with Crippen LogP contribution in [0.2, 0.25) is 0 Å². The molecular formula is C26H32F2O. The summed E-state index contributed by atoms with van der Waals surface area (Å²) in [6.07, 6.45) is 12.3. The molecule has 2 aromatic carbocycles. The highest BCUT2D eigenvalue weighted by Crippen LogP contribution is 2.49. The zero-order valence-electron chi connectivity index (χ0n) is 17.6. The van der Waals surface area contributed by atoms with Crippen LogP contribution in [0.3, 0.4) is 0 Å². The van der Waals surface area contributed by atoms with E-state index < -0.39 is 5.82 Å². The molecule has 2 saturated carbocycles. The highest BCUT2D eigenvalue weighted by Gasteiger charge is 2.36. The van der Waals surface area contributed by atoms with Gasteiger partial charge in [-0.2, -0.15) is 0 Å². The predicted molar refractivity (Wildman–Crippen MR) is 115 cm³/mol. The second kappa shape index (κ2) is 8.85. The Morgan fingerprint density at radius 1 is 1.03 bits per heavy atom. The molecule has 0 aromatic heterocycles. The zero-order chi connectivity index (χ0) is 20.4. The largest absolute Gasteiger partial charge is 0.486 e. The Kier molecular flexibility index (Phi) is 6.22. The summed E-state index contributed by atoms with van der Waals surface area (Å²) >= 11 is 0. The molecule has 0 radical (unpaired) electrons. The molecule has 0 spiro atoms. The van der Waals surface area contributed by atoms with Crippen molar-refractivity contribution in [1.82, 2.24) is 0 Å². The summed E-state index contributed by atoms with van der Waals surface area (Å²) in [7, 11) is 0. The van der Waals surface area contributed by atoms with E-state index in [2.05, 4.69) is 6.92 Å². The standard InChI is InChI=1S/C26H32F2O/c1-3-5-12-29-25-15-21-10-11-22(26(28)23(21)16-24(25)27)20-9-8-18-13-17(4-2)6-7-19(18)14-20/h3,5,10-11,15-20H,4,6-9,12-14H2,1-2H3/b5-3+. The number of allylic oxidation sites excluding steroid dienone is 1. The first-order valence-electron chi connectivity index (χ1n) is 11.3. The van der Waals surface area contributed by atoms with E-state index in [4.69, 9.17) is 4.74 Å². The quantitative estimate of drug-likeness (QED) is 0.467. The van der Waals surface area contributed by atoms with E-state index in [1.807, 2.05) is 31.2 Å². The average Bonchev–Trinajstić information content (AvgIpc) is 2.74. The molecule has 4 atom stereocenters. The second-order valence-electron chi connectivity index (χ2n) is 8.97. The Bertz CT molecular complexity index is 888. The molecule has 0 bridgehead atoms. The van der Waals surface area contributed by atoms with Crippen molar-refractivity contribution in [2.45, 2.75) is 64.7 Å². The third-order valence-electron chi connectivity index (χ3n) is 7.35. The highest BCUT2D eigenvalue weighted by atomic mass is 19.1. The number of hydrogen-bond donors (Lipinski definition) is 0. The van der Waals surface area contributed by atoms with Crippen LogP contribution in [0.1, 0.15) is 70.3 Å². The number of halogens is 2. The van der Waals surface area contributed by atoms with Crippen LogP contribution < -0.4 is 4.74 Å². The molecule has 2 aliphatic rings. The third-order valence-corrected chi connectivity index (χ3v) is 7.35. The maximum atomic E-state index is 15.4. The van der Waals surface area contributed by atoms with E-state index in [-0.39, 0.29) is 17.5 Å². The van der Waals surface area contributed by atoms with Crippen LogP contribution >= 0.6 is 0 Å². The molecule has 0 heterocycles. The first-order valence-corrected chi connectivity index (χ1v) is 11.3. The van der Waals surface area contributed by atoms with E-state index in [1.165, 1.54) is 38.2 Å². The molecule has 0 aliphatic heterocycles. The fourth-order valence-corrected chi connectivity index (χ4v) is 5.60. The van der Waals surface area contributed by atoms with Crippen molar-refractivity contribution in [3.05, 3.63) is 53.6 Å². The summed E-state index contributed by atoms with van der Waals surface area (Å²) in [6, 6.07) is 6.77. The molecule has 29 heavy (non-hydrogen) atoms. The monoisotopic (exact) mass is 398 g/mol. The summed E-state index contributed by atoms with van der Waals surface area (Å²) < 4.78 is 35.3. The van der Waals surface area contributed by atoms with Gasteiger partial charge in [0.1, 0.15) is 12.4 Å². The molecule has 2 aliphatic carbocycles. The number of hydrogen-bond acceptors (Lipinski definition) is 1. The molecule has 2 fully saturated rings. The Balaban J connectivity index is 1.55. The Labute approximate surface area is 173 Å². The Morgan fingerprint density at radius 3 is 2.62 bits per heavy atom. The molecule has 4 unspecified atom stereocenters. The number of rotatable bonds is 5. The summed E-state index contributed by atoms with van der Waals surface area (Å²) in [4.78, 5) is 0. The molecule has 0 saturated heterocycles. The van der Waals surface area contributed by atoms with E-state index in [0.29, 0.717) is 17.4 Å². The minimum absolute atomic E-state index is 0.177. The maximum Gasteiger partial charge on any atom is 0.165 e. The van der Waals surface area contributed by atoms with E-state index in [0.717, 1.165) is 36.2 Å². The second-order valence-corrected chi connectivity index (χ2v) is 8.97. The van der Waals surface area contributed by atoms with Gasteiger partial charge in [-0.15, -0.1) is 0 Å². The smallest absolute Gasteiger partial charge is 0.165 e. The lowest BCUT2D eigenvalue weighted by Crippen LogP contribution is -2.30. The van der Waals surface area contributed by atoms with Crippen LogP contribution in [0.15, 0.2) is 36.4 Å². The van der Waals surface area contributed by atoms with Gasteiger partial charge in [-0.05, 0) is 85.8 Å². The lowest BCUT2D eigenvalue weighted by Gasteiger charge is -2.42. The molecule has 156 valence electrons. The molecule has 0 amide bonds. The zero-order valence-corrected chi connectivity index (χ0v) is 17.6. The van der Waals surface area contributed by atoms with Crippen LogP contribution in [0, 0.1) is 29.4 Å².